The highest BCUT2D eigenvalue weighted by molar-refractivity contribution is 5.98. The molecule has 2 aromatic carbocycles. The molecule has 0 heterocycles. The van der Waals surface area contributed by atoms with Crippen LogP contribution in [0.5, 0.6) is 5.75 Å². The second-order valence-corrected chi connectivity index (χ2v) is 5.27. The average Bonchev–Trinajstić information content (AvgIpc) is 2.65. The zero-order valence-electron chi connectivity index (χ0n) is 14.3. The Morgan fingerprint density at radius 3 is 2.30 bits per heavy atom. The molecule has 0 bridgehead atoms. The van der Waals surface area contributed by atoms with Gasteiger partial charge in [0.2, 0.25) is 0 Å². The van der Waals surface area contributed by atoms with Crippen LogP contribution < -0.4 is 20.9 Å². The Kier molecular flexibility index (Phi) is 6.81. The molecule has 0 saturated heterocycles. The summed E-state index contributed by atoms with van der Waals surface area (Å²) in [6.45, 7) is 1.81. The van der Waals surface area contributed by atoms with Crippen LogP contribution in [0.1, 0.15) is 27.6 Å². The molecular weight excluding hydrogens is 360 g/mol. The summed E-state index contributed by atoms with van der Waals surface area (Å²) < 4.78 is 31.6. The number of hydrogen-bond acceptors (Lipinski definition) is 4. The molecule has 3 N–H and O–H groups in total. The second-order valence-electron chi connectivity index (χ2n) is 5.27. The van der Waals surface area contributed by atoms with Crippen molar-refractivity contribution in [3.05, 3.63) is 65.2 Å². The van der Waals surface area contributed by atoms with Crippen molar-refractivity contribution in [2.24, 2.45) is 0 Å². The maximum atomic E-state index is 13.5. The maximum absolute atomic E-state index is 13.5. The van der Waals surface area contributed by atoms with Crippen LogP contribution in [-0.2, 0) is 4.79 Å². The van der Waals surface area contributed by atoms with E-state index in [-0.39, 0.29) is 5.56 Å². The number of carbonyl (C=O) groups excluding carboxylic acids is 3. The highest BCUT2D eigenvalue weighted by Crippen LogP contribution is 2.12. The molecule has 0 aromatic heterocycles. The van der Waals surface area contributed by atoms with Crippen molar-refractivity contribution in [1.29, 1.82) is 0 Å². The first-order chi connectivity index (χ1) is 12.9. The minimum atomic E-state index is -1.04. The minimum Gasteiger partial charge on any atom is -0.494 e. The molecular formula is C18H17F2N3O4. The Morgan fingerprint density at radius 2 is 1.67 bits per heavy atom. The average molecular weight is 377 g/mol. The molecule has 9 heteroatoms. The van der Waals surface area contributed by atoms with Crippen LogP contribution in [0.2, 0.25) is 0 Å². The number of nitrogens with one attached hydrogen (secondary N) is 3. The number of amides is 3. The highest BCUT2D eigenvalue weighted by atomic mass is 19.1. The summed E-state index contributed by atoms with van der Waals surface area (Å²) in [4.78, 5) is 35.4. The molecule has 2 rings (SSSR count). The molecule has 0 unspecified atom stereocenters. The van der Waals surface area contributed by atoms with Crippen molar-refractivity contribution in [3.63, 3.8) is 0 Å². The molecule has 0 saturated carbocycles. The lowest BCUT2D eigenvalue weighted by atomic mass is 10.2. The van der Waals surface area contributed by atoms with Crippen LogP contribution in [-0.4, -0.2) is 30.9 Å². The lowest BCUT2D eigenvalue weighted by molar-refractivity contribution is -0.120. The Bertz CT molecular complexity index is 841. The number of rotatable bonds is 6. The van der Waals surface area contributed by atoms with Gasteiger partial charge in [-0.25, -0.2) is 8.78 Å². The van der Waals surface area contributed by atoms with E-state index >= 15 is 0 Å². The Morgan fingerprint density at radius 1 is 0.963 bits per heavy atom. The molecule has 3 amide bonds. The van der Waals surface area contributed by atoms with Gasteiger partial charge in [-0.3, -0.25) is 25.2 Å². The van der Waals surface area contributed by atoms with Gasteiger partial charge in [-0.15, -0.1) is 0 Å². The summed E-state index contributed by atoms with van der Waals surface area (Å²) in [6, 6.07) is 8.71. The van der Waals surface area contributed by atoms with Crippen LogP contribution in [0.15, 0.2) is 42.5 Å². The first kappa shape index (κ1) is 19.8. The molecule has 27 heavy (non-hydrogen) atoms. The maximum Gasteiger partial charge on any atom is 0.269 e. The smallest absolute Gasteiger partial charge is 0.269 e. The van der Waals surface area contributed by atoms with Crippen molar-refractivity contribution in [3.8, 4) is 5.75 Å². The van der Waals surface area contributed by atoms with Crippen molar-refractivity contribution in [2.45, 2.75) is 6.92 Å². The molecule has 7 nitrogen and oxygen atoms in total. The third-order valence-corrected chi connectivity index (χ3v) is 3.33. The van der Waals surface area contributed by atoms with Crippen molar-refractivity contribution in [2.75, 3.05) is 13.2 Å². The zero-order chi connectivity index (χ0) is 19.8. The predicted molar refractivity (Wildman–Crippen MR) is 91.9 cm³/mol. The van der Waals surface area contributed by atoms with Gasteiger partial charge in [0.15, 0.2) is 0 Å². The normalized spacial score (nSPS) is 10.0. The van der Waals surface area contributed by atoms with Crippen LogP contribution in [0.25, 0.3) is 0 Å². The second kappa shape index (κ2) is 9.27. The van der Waals surface area contributed by atoms with E-state index in [0.29, 0.717) is 18.4 Å². The van der Waals surface area contributed by atoms with E-state index in [0.717, 1.165) is 12.1 Å². The molecule has 0 spiro atoms. The third-order valence-electron chi connectivity index (χ3n) is 3.33. The van der Waals surface area contributed by atoms with E-state index in [4.69, 9.17) is 4.74 Å². The van der Waals surface area contributed by atoms with Gasteiger partial charge in [-0.1, -0.05) is 0 Å². The van der Waals surface area contributed by atoms with Gasteiger partial charge >= 0.3 is 0 Å². The van der Waals surface area contributed by atoms with Gasteiger partial charge in [0, 0.05) is 11.6 Å². The van der Waals surface area contributed by atoms with E-state index in [1.807, 2.05) is 6.92 Å². The van der Waals surface area contributed by atoms with Crippen molar-refractivity contribution >= 4 is 17.7 Å². The lowest BCUT2D eigenvalue weighted by Gasteiger charge is -2.09. The van der Waals surface area contributed by atoms with Crippen LogP contribution in [0.4, 0.5) is 8.78 Å². The standard InChI is InChI=1S/C18H17F2N3O4/c1-2-27-13-6-3-11(4-7-13)17(25)23-22-16(24)10-21-18(26)14-8-5-12(19)9-15(14)20/h3-9H,2,10H2,1H3,(H,21,26)(H,22,24)(H,23,25). The van der Waals surface area contributed by atoms with E-state index in [2.05, 4.69) is 16.2 Å². The molecule has 0 aliphatic heterocycles. The van der Waals surface area contributed by atoms with Gasteiger partial charge in [0.1, 0.15) is 17.4 Å². The third kappa shape index (κ3) is 5.77. The summed E-state index contributed by atoms with van der Waals surface area (Å²) in [5.74, 6) is -3.45. The summed E-state index contributed by atoms with van der Waals surface area (Å²) in [5, 5.41) is 2.16. The number of carbonyl (C=O) groups is 3. The van der Waals surface area contributed by atoms with Gasteiger partial charge in [0.25, 0.3) is 17.7 Å². The Hall–Kier alpha value is -3.49. The number of halogens is 2. The topological polar surface area (TPSA) is 96.5 Å². The first-order valence-electron chi connectivity index (χ1n) is 7.96. The lowest BCUT2D eigenvalue weighted by Crippen LogP contribution is -2.46. The van der Waals surface area contributed by atoms with E-state index < -0.39 is 41.5 Å². The summed E-state index contributed by atoms with van der Waals surface area (Å²) in [7, 11) is 0. The molecule has 0 aliphatic rings. The van der Waals surface area contributed by atoms with E-state index in [9.17, 15) is 23.2 Å². The summed E-state index contributed by atoms with van der Waals surface area (Å²) >= 11 is 0. The quantitative estimate of drug-likeness (QED) is 0.666. The fourth-order valence-electron chi connectivity index (χ4n) is 2.04. The Balaban J connectivity index is 1.80. The predicted octanol–water partition coefficient (Wildman–Crippen LogP) is 1.55. The molecule has 142 valence electrons. The SMILES string of the molecule is CCOc1ccc(C(=O)NNC(=O)CNC(=O)c2ccc(F)cc2F)cc1. The first-order valence-corrected chi connectivity index (χ1v) is 7.96. The van der Waals surface area contributed by atoms with E-state index in [1.54, 1.807) is 12.1 Å². The minimum absolute atomic E-state index is 0.288. The fourth-order valence-corrected chi connectivity index (χ4v) is 2.04. The summed E-state index contributed by atoms with van der Waals surface area (Å²) in [5.41, 5.74) is 4.18. The molecule has 0 aliphatic carbocycles. The number of hydrogen-bond donors (Lipinski definition) is 3. The van der Waals surface area contributed by atoms with Crippen molar-refractivity contribution < 1.29 is 27.9 Å². The zero-order valence-corrected chi connectivity index (χ0v) is 14.3. The molecule has 0 fully saturated rings. The van der Waals surface area contributed by atoms with Crippen LogP contribution in [0.3, 0.4) is 0 Å². The Labute approximate surface area is 153 Å². The number of benzene rings is 2. The fraction of sp³-hybridized carbons (Fsp3) is 0.167. The highest BCUT2D eigenvalue weighted by Gasteiger charge is 2.14. The molecule has 0 atom stereocenters. The van der Waals surface area contributed by atoms with Crippen LogP contribution in [0, 0.1) is 11.6 Å². The molecule has 0 radical (unpaired) electrons. The monoisotopic (exact) mass is 377 g/mol. The van der Waals surface area contributed by atoms with Gasteiger partial charge in [0.05, 0.1) is 18.7 Å². The molecule has 2 aromatic rings. The van der Waals surface area contributed by atoms with Gasteiger partial charge in [-0.2, -0.15) is 0 Å². The van der Waals surface area contributed by atoms with Gasteiger partial charge in [-0.05, 0) is 43.3 Å². The van der Waals surface area contributed by atoms with Crippen LogP contribution >= 0.6 is 0 Å². The number of ether oxygens (including phenoxy) is 1. The summed E-state index contributed by atoms with van der Waals surface area (Å²) in [6.07, 6.45) is 0. The van der Waals surface area contributed by atoms with E-state index in [1.165, 1.54) is 12.1 Å². The number of hydrazine groups is 1. The largest absolute Gasteiger partial charge is 0.494 e. The van der Waals surface area contributed by atoms with Crippen molar-refractivity contribution in [1.82, 2.24) is 16.2 Å². The van der Waals surface area contributed by atoms with Gasteiger partial charge < -0.3 is 10.1 Å².